The maximum Gasteiger partial charge on any atom is 0.360 e. The zero-order chi connectivity index (χ0) is 22.9. The molecule has 3 aromatic rings. The Morgan fingerprint density at radius 3 is 2.62 bits per heavy atom. The molecule has 32 heavy (non-hydrogen) atoms. The molecule has 0 radical (unpaired) electrons. The van der Waals surface area contributed by atoms with Gasteiger partial charge in [-0.25, -0.2) is 13.2 Å². The van der Waals surface area contributed by atoms with Crippen molar-refractivity contribution < 1.29 is 22.5 Å². The number of esters is 1. The summed E-state index contributed by atoms with van der Waals surface area (Å²) in [6, 6.07) is 10.9. The van der Waals surface area contributed by atoms with Crippen molar-refractivity contribution in [3.63, 3.8) is 0 Å². The highest BCUT2D eigenvalue weighted by molar-refractivity contribution is 7.91. The van der Waals surface area contributed by atoms with Gasteiger partial charge < -0.3 is 14.2 Å². The summed E-state index contributed by atoms with van der Waals surface area (Å²) in [7, 11) is -3.62. The zero-order valence-electron chi connectivity index (χ0n) is 18.2. The van der Waals surface area contributed by atoms with Crippen LogP contribution in [0.25, 0.3) is 10.6 Å². The van der Waals surface area contributed by atoms with Gasteiger partial charge in [-0.1, -0.05) is 17.3 Å². The maximum atomic E-state index is 13.2. The average molecular weight is 476 g/mol. The number of piperazine rings is 1. The van der Waals surface area contributed by atoms with Crippen molar-refractivity contribution in [3.8, 4) is 10.6 Å². The number of benzene rings is 1. The second-order valence-electron chi connectivity index (χ2n) is 7.53. The van der Waals surface area contributed by atoms with Crippen LogP contribution in [0.5, 0.6) is 0 Å². The lowest BCUT2D eigenvalue weighted by Gasteiger charge is -2.36. The van der Waals surface area contributed by atoms with E-state index in [1.807, 2.05) is 6.07 Å². The third-order valence-corrected chi connectivity index (χ3v) is 9.03. The van der Waals surface area contributed by atoms with Gasteiger partial charge in [0.2, 0.25) is 0 Å². The molecule has 0 amide bonds. The molecule has 0 atom stereocenters. The van der Waals surface area contributed by atoms with Crippen LogP contribution in [0.1, 0.15) is 28.5 Å². The number of aromatic nitrogens is 1. The third kappa shape index (κ3) is 4.30. The van der Waals surface area contributed by atoms with Gasteiger partial charge in [0, 0.05) is 37.9 Å². The van der Waals surface area contributed by atoms with E-state index >= 15 is 0 Å². The van der Waals surface area contributed by atoms with E-state index in [9.17, 15) is 13.2 Å². The van der Waals surface area contributed by atoms with Crippen LogP contribution in [0.2, 0.25) is 0 Å². The Morgan fingerprint density at radius 1 is 1.16 bits per heavy atom. The van der Waals surface area contributed by atoms with Gasteiger partial charge in [-0.05, 0) is 50.1 Å². The molecule has 8 nitrogen and oxygen atoms in total. The fourth-order valence-corrected chi connectivity index (χ4v) is 6.49. The standard InChI is InChI=1S/C22H25N3O5S2/c1-4-29-22(26)17-14-19(30-23-17)20-8-9-21(31-20)32(27,28)25-12-10-24(11-13-25)18-7-5-6-15(2)16(18)3/h5-9,14H,4,10-13H2,1-3H3. The van der Waals surface area contributed by atoms with Crippen LogP contribution < -0.4 is 4.90 Å². The molecule has 1 fully saturated rings. The van der Waals surface area contributed by atoms with Gasteiger partial charge in [-0.3, -0.25) is 0 Å². The highest BCUT2D eigenvalue weighted by atomic mass is 32.2. The molecule has 1 aliphatic rings. The Labute approximate surface area is 191 Å². The first-order valence-electron chi connectivity index (χ1n) is 10.4. The zero-order valence-corrected chi connectivity index (χ0v) is 19.8. The number of ether oxygens (including phenoxy) is 1. The number of rotatable bonds is 6. The molecule has 10 heteroatoms. The number of hydrogen-bond donors (Lipinski definition) is 0. The van der Waals surface area contributed by atoms with Crippen molar-refractivity contribution in [1.29, 1.82) is 0 Å². The number of nitrogens with zero attached hydrogens (tertiary/aromatic N) is 3. The molecule has 1 saturated heterocycles. The van der Waals surface area contributed by atoms with Gasteiger partial charge in [0.25, 0.3) is 10.0 Å². The summed E-state index contributed by atoms with van der Waals surface area (Å²) >= 11 is 1.10. The topological polar surface area (TPSA) is 93.0 Å². The van der Waals surface area contributed by atoms with Crippen LogP contribution in [0.15, 0.2) is 45.1 Å². The number of carbonyl (C=O) groups is 1. The summed E-state index contributed by atoms with van der Waals surface area (Å²) < 4.78 is 38.3. The van der Waals surface area contributed by atoms with Gasteiger partial charge in [-0.15, -0.1) is 11.3 Å². The van der Waals surface area contributed by atoms with E-state index in [0.717, 1.165) is 17.0 Å². The van der Waals surface area contributed by atoms with Crippen molar-refractivity contribution in [2.75, 3.05) is 37.7 Å². The summed E-state index contributed by atoms with van der Waals surface area (Å²) in [5.41, 5.74) is 3.66. The predicted octanol–water partition coefficient (Wildman–Crippen LogP) is 3.71. The Hall–Kier alpha value is -2.69. The Morgan fingerprint density at radius 2 is 1.91 bits per heavy atom. The summed E-state index contributed by atoms with van der Waals surface area (Å²) in [6.45, 7) is 8.21. The van der Waals surface area contributed by atoms with Crippen LogP contribution in [0.4, 0.5) is 5.69 Å². The molecule has 0 bridgehead atoms. The van der Waals surface area contributed by atoms with Crippen molar-refractivity contribution in [3.05, 3.63) is 53.2 Å². The number of thiophene rings is 1. The van der Waals surface area contributed by atoms with Crippen LogP contribution in [-0.4, -0.2) is 56.6 Å². The molecular weight excluding hydrogens is 450 g/mol. The lowest BCUT2D eigenvalue weighted by molar-refractivity contribution is 0.0514. The van der Waals surface area contributed by atoms with E-state index in [1.165, 1.54) is 21.5 Å². The quantitative estimate of drug-likeness (QED) is 0.502. The smallest absolute Gasteiger partial charge is 0.360 e. The SMILES string of the molecule is CCOC(=O)c1cc(-c2ccc(S(=O)(=O)N3CCN(c4cccc(C)c4C)CC3)s2)on1. The first-order valence-corrected chi connectivity index (χ1v) is 12.6. The molecule has 4 rings (SSSR count). The second kappa shape index (κ2) is 9.05. The van der Waals surface area contributed by atoms with E-state index in [4.69, 9.17) is 9.26 Å². The Balaban J connectivity index is 1.47. The minimum Gasteiger partial charge on any atom is -0.461 e. The van der Waals surface area contributed by atoms with Crippen molar-refractivity contribution in [2.45, 2.75) is 25.0 Å². The molecule has 0 unspecified atom stereocenters. The molecule has 2 aromatic heterocycles. The number of sulfonamides is 1. The van der Waals surface area contributed by atoms with E-state index < -0.39 is 16.0 Å². The normalized spacial score (nSPS) is 15.2. The lowest BCUT2D eigenvalue weighted by Crippen LogP contribution is -2.48. The number of carbonyl (C=O) groups excluding carboxylic acids is 1. The summed E-state index contributed by atoms with van der Waals surface area (Å²) in [5, 5.41) is 3.71. The number of hydrogen-bond acceptors (Lipinski definition) is 8. The van der Waals surface area contributed by atoms with Gasteiger partial charge in [0.15, 0.2) is 11.5 Å². The molecule has 1 aromatic carbocycles. The van der Waals surface area contributed by atoms with Crippen molar-refractivity contribution >= 4 is 33.0 Å². The first-order chi connectivity index (χ1) is 15.3. The van der Waals surface area contributed by atoms with Gasteiger partial charge in [0.1, 0.15) is 4.21 Å². The highest BCUT2D eigenvalue weighted by Crippen LogP contribution is 2.33. The molecule has 0 spiro atoms. The monoisotopic (exact) mass is 475 g/mol. The van der Waals surface area contributed by atoms with Crippen molar-refractivity contribution in [2.24, 2.45) is 0 Å². The van der Waals surface area contributed by atoms with Gasteiger partial charge in [0.05, 0.1) is 11.5 Å². The van der Waals surface area contributed by atoms with Crippen LogP contribution in [0.3, 0.4) is 0 Å². The average Bonchev–Trinajstić information content (AvgIpc) is 3.46. The molecular formula is C22H25N3O5S2. The molecule has 3 heterocycles. The van der Waals surface area contributed by atoms with E-state index in [-0.39, 0.29) is 16.5 Å². The van der Waals surface area contributed by atoms with Crippen molar-refractivity contribution in [1.82, 2.24) is 9.46 Å². The summed E-state index contributed by atoms with van der Waals surface area (Å²) in [5.74, 6) is -0.243. The minimum absolute atomic E-state index is 0.0576. The van der Waals surface area contributed by atoms with Gasteiger partial charge in [-0.2, -0.15) is 4.31 Å². The third-order valence-electron chi connectivity index (χ3n) is 5.57. The van der Waals surface area contributed by atoms with E-state index in [1.54, 1.807) is 19.1 Å². The molecule has 1 aliphatic heterocycles. The van der Waals surface area contributed by atoms with Crippen LogP contribution in [0, 0.1) is 13.8 Å². The molecule has 0 N–H and O–H groups in total. The second-order valence-corrected chi connectivity index (χ2v) is 10.8. The molecule has 0 saturated carbocycles. The first kappa shape index (κ1) is 22.5. The molecule has 0 aliphatic carbocycles. The lowest BCUT2D eigenvalue weighted by atomic mass is 10.1. The van der Waals surface area contributed by atoms with Crippen LogP contribution in [-0.2, 0) is 14.8 Å². The van der Waals surface area contributed by atoms with E-state index in [0.29, 0.717) is 36.8 Å². The van der Waals surface area contributed by atoms with E-state index in [2.05, 4.69) is 36.0 Å². The highest BCUT2D eigenvalue weighted by Gasteiger charge is 2.30. The molecule has 170 valence electrons. The summed E-state index contributed by atoms with van der Waals surface area (Å²) in [6.07, 6.45) is 0. The Kier molecular flexibility index (Phi) is 6.36. The fourth-order valence-electron chi connectivity index (χ4n) is 3.66. The number of aryl methyl sites for hydroxylation is 1. The maximum absolute atomic E-state index is 13.2. The largest absolute Gasteiger partial charge is 0.461 e. The Bertz CT molecular complexity index is 1220. The minimum atomic E-state index is -3.62. The predicted molar refractivity (Wildman–Crippen MR) is 123 cm³/mol. The van der Waals surface area contributed by atoms with Crippen LogP contribution >= 0.6 is 11.3 Å². The summed E-state index contributed by atoms with van der Waals surface area (Å²) in [4.78, 5) is 14.6. The van der Waals surface area contributed by atoms with Gasteiger partial charge >= 0.3 is 5.97 Å². The fraction of sp³-hybridized carbons (Fsp3) is 0.364. The number of anilines is 1.